The van der Waals surface area contributed by atoms with Gasteiger partial charge in [0, 0.05) is 5.75 Å². The van der Waals surface area contributed by atoms with Crippen LogP contribution in [0.5, 0.6) is 11.5 Å². The minimum atomic E-state index is -4.75. The van der Waals surface area contributed by atoms with E-state index < -0.39 is 26.5 Å². The molecule has 0 aliphatic rings. The maximum atomic E-state index is 10.4. The Morgan fingerprint density at radius 2 is 1.71 bits per heavy atom. The summed E-state index contributed by atoms with van der Waals surface area (Å²) in [6, 6.07) is 3.92. The Labute approximate surface area is 125 Å². The summed E-state index contributed by atoms with van der Waals surface area (Å²) in [5, 5.41) is 17.7. The first kappa shape index (κ1) is 17.1. The van der Waals surface area contributed by atoms with Crippen LogP contribution in [-0.2, 0) is 10.1 Å². The predicted molar refractivity (Wildman–Crippen MR) is 36.6 cm³/mol. The van der Waals surface area contributed by atoms with E-state index in [0.717, 1.165) is 12.1 Å². The van der Waals surface area contributed by atoms with Crippen LogP contribution >= 0.6 is 0 Å². The molecular formula is C6H4Na2O5S. The summed E-state index contributed by atoms with van der Waals surface area (Å²) in [5.41, 5.74) is 0. The van der Waals surface area contributed by atoms with E-state index in [1.807, 2.05) is 0 Å². The fourth-order valence-electron chi connectivity index (χ4n) is 0.650. The van der Waals surface area contributed by atoms with Gasteiger partial charge in [0.05, 0.1) is 15.9 Å². The van der Waals surface area contributed by atoms with Gasteiger partial charge in [0.25, 0.3) is 0 Å². The number of hydrogen-bond donors (Lipinski definition) is 2. The van der Waals surface area contributed by atoms with Crippen LogP contribution in [0.4, 0.5) is 0 Å². The molecule has 66 valence electrons. The first-order valence-corrected chi connectivity index (χ1v) is 4.21. The van der Waals surface area contributed by atoms with Crippen LogP contribution in [0.2, 0.25) is 0 Å². The van der Waals surface area contributed by atoms with Crippen molar-refractivity contribution in [3.8, 4) is 11.5 Å². The molecule has 0 spiro atoms. The standard InChI is InChI=1S/C6H5O5S.2Na/c7-4-2-1-3-5(6(4)8)12(9,10)11;;/h2-3,7-8H,(H,9,10,11);;/q-1;2*+1/p-1. The summed E-state index contributed by atoms with van der Waals surface area (Å²) in [6.07, 6.45) is 0. The van der Waals surface area contributed by atoms with Crippen LogP contribution in [-0.4, -0.2) is 23.2 Å². The van der Waals surface area contributed by atoms with Crippen molar-refractivity contribution >= 4 is 10.1 Å². The van der Waals surface area contributed by atoms with Crippen molar-refractivity contribution in [1.82, 2.24) is 0 Å². The molecule has 14 heavy (non-hydrogen) atoms. The molecule has 0 bridgehead atoms. The summed E-state index contributed by atoms with van der Waals surface area (Å²) in [4.78, 5) is -0.873. The molecule has 0 unspecified atom stereocenters. The average molecular weight is 234 g/mol. The van der Waals surface area contributed by atoms with Gasteiger partial charge in [-0.05, 0) is 4.90 Å². The van der Waals surface area contributed by atoms with Crippen LogP contribution < -0.4 is 59.1 Å². The summed E-state index contributed by atoms with van der Waals surface area (Å²) < 4.78 is 31.1. The Kier molecular flexibility index (Phi) is 7.76. The molecule has 0 aliphatic carbocycles. The molecule has 0 radical (unpaired) electrons. The average Bonchev–Trinajstić information content (AvgIpc) is 1.92. The Balaban J connectivity index is 0. The fourth-order valence-corrected chi connectivity index (χ4v) is 1.20. The summed E-state index contributed by atoms with van der Waals surface area (Å²) in [7, 11) is -4.75. The van der Waals surface area contributed by atoms with E-state index in [1.54, 1.807) is 0 Å². The van der Waals surface area contributed by atoms with Gasteiger partial charge < -0.3 is 14.8 Å². The quantitative estimate of drug-likeness (QED) is 0.218. The molecule has 0 heterocycles. The van der Waals surface area contributed by atoms with Crippen molar-refractivity contribution in [2.45, 2.75) is 4.90 Å². The molecule has 1 rings (SSSR count). The Morgan fingerprint density at radius 1 is 1.21 bits per heavy atom. The van der Waals surface area contributed by atoms with E-state index in [0.29, 0.717) is 0 Å². The Hall–Kier alpha value is 0.730. The Morgan fingerprint density at radius 3 is 2.07 bits per heavy atom. The van der Waals surface area contributed by atoms with Crippen molar-refractivity contribution in [1.29, 1.82) is 0 Å². The van der Waals surface area contributed by atoms with Gasteiger partial charge >= 0.3 is 59.1 Å². The molecule has 0 saturated heterocycles. The van der Waals surface area contributed by atoms with Crippen molar-refractivity contribution < 1.29 is 82.3 Å². The van der Waals surface area contributed by atoms with Crippen LogP contribution in [0.15, 0.2) is 17.0 Å². The van der Waals surface area contributed by atoms with Gasteiger partial charge in [-0.15, -0.1) is 6.07 Å². The van der Waals surface area contributed by atoms with Crippen molar-refractivity contribution in [3.63, 3.8) is 0 Å². The smallest absolute Gasteiger partial charge is 0.754 e. The zero-order chi connectivity index (χ0) is 9.35. The molecule has 1 aromatic carbocycles. The van der Waals surface area contributed by atoms with Gasteiger partial charge in [0.2, 0.25) is 0 Å². The van der Waals surface area contributed by atoms with Gasteiger partial charge in [0.15, 0.2) is 0 Å². The van der Waals surface area contributed by atoms with Crippen molar-refractivity contribution in [2.75, 3.05) is 0 Å². The predicted octanol–water partition coefficient (Wildman–Crippen LogP) is -6.19. The zero-order valence-corrected chi connectivity index (χ0v) is 12.5. The molecule has 0 atom stereocenters. The number of phenolic OH excluding ortho intramolecular Hbond substituents is 2. The summed E-state index contributed by atoms with van der Waals surface area (Å²) >= 11 is 0. The van der Waals surface area contributed by atoms with Gasteiger partial charge in [0.1, 0.15) is 0 Å². The SMILES string of the molecule is O=S(=O)([O-])c1c[c-]cc(O)c1O.[Na+].[Na+]. The van der Waals surface area contributed by atoms with Crippen molar-refractivity contribution in [2.24, 2.45) is 0 Å². The third-order valence-corrected chi connectivity index (χ3v) is 2.03. The monoisotopic (exact) mass is 234 g/mol. The first-order chi connectivity index (χ1) is 5.43. The fraction of sp³-hybridized carbons (Fsp3) is 0. The third-order valence-electron chi connectivity index (χ3n) is 1.18. The third kappa shape index (κ3) is 4.08. The van der Waals surface area contributed by atoms with Gasteiger partial charge in [-0.25, -0.2) is 0 Å². The number of phenols is 2. The van der Waals surface area contributed by atoms with E-state index >= 15 is 0 Å². The normalized spacial score (nSPS) is 9.79. The molecule has 0 fully saturated rings. The minimum Gasteiger partial charge on any atom is -0.754 e. The van der Waals surface area contributed by atoms with E-state index in [-0.39, 0.29) is 59.1 Å². The number of hydrogen-bond acceptors (Lipinski definition) is 5. The molecule has 0 amide bonds. The maximum absolute atomic E-state index is 10.4. The van der Waals surface area contributed by atoms with E-state index in [4.69, 9.17) is 10.2 Å². The molecule has 2 N–H and O–H groups in total. The van der Waals surface area contributed by atoms with Crippen LogP contribution in [0.25, 0.3) is 0 Å². The van der Waals surface area contributed by atoms with Gasteiger partial charge in [-0.3, -0.25) is 8.42 Å². The number of benzene rings is 1. The second kappa shape index (κ2) is 6.34. The minimum absolute atomic E-state index is 0. The molecular weight excluding hydrogens is 230 g/mol. The van der Waals surface area contributed by atoms with E-state index in [9.17, 15) is 13.0 Å². The van der Waals surface area contributed by atoms with Crippen molar-refractivity contribution in [3.05, 3.63) is 18.2 Å². The molecule has 8 heteroatoms. The number of aromatic hydroxyl groups is 2. The number of rotatable bonds is 1. The largest absolute Gasteiger partial charge is 1.00 e. The van der Waals surface area contributed by atoms with E-state index in [1.165, 1.54) is 0 Å². The second-order valence-electron chi connectivity index (χ2n) is 2.01. The topological polar surface area (TPSA) is 97.7 Å². The van der Waals surface area contributed by atoms with Crippen LogP contribution in [0.1, 0.15) is 0 Å². The molecule has 0 aliphatic heterocycles. The maximum Gasteiger partial charge on any atom is 1.00 e. The molecule has 0 saturated carbocycles. The molecule has 0 aromatic heterocycles. The Bertz CT molecular complexity index is 403. The first-order valence-electron chi connectivity index (χ1n) is 2.81. The summed E-state index contributed by atoms with van der Waals surface area (Å²) in [6.45, 7) is 0. The second-order valence-corrected chi connectivity index (χ2v) is 3.36. The van der Waals surface area contributed by atoms with E-state index in [2.05, 4.69) is 6.07 Å². The zero-order valence-electron chi connectivity index (χ0n) is 7.68. The van der Waals surface area contributed by atoms with Crippen LogP contribution in [0, 0.1) is 6.07 Å². The molecule has 1 aromatic rings. The van der Waals surface area contributed by atoms with Crippen LogP contribution in [0.3, 0.4) is 0 Å². The summed E-state index contributed by atoms with van der Waals surface area (Å²) in [5.74, 6) is -1.63. The van der Waals surface area contributed by atoms with Gasteiger partial charge in [-0.1, -0.05) is 0 Å². The molecule has 5 nitrogen and oxygen atoms in total. The van der Waals surface area contributed by atoms with Gasteiger partial charge in [-0.2, -0.15) is 12.1 Å².